The van der Waals surface area contributed by atoms with Crippen molar-refractivity contribution in [2.24, 2.45) is 0 Å². The van der Waals surface area contributed by atoms with Gasteiger partial charge >= 0.3 is 5.97 Å². The lowest BCUT2D eigenvalue weighted by Gasteiger charge is -2.15. The average Bonchev–Trinajstić information content (AvgIpc) is 2.76. The van der Waals surface area contributed by atoms with Gasteiger partial charge in [0.25, 0.3) is 6.43 Å². The van der Waals surface area contributed by atoms with Crippen molar-refractivity contribution in [1.29, 1.82) is 0 Å². The zero-order valence-electron chi connectivity index (χ0n) is 12.2. The van der Waals surface area contributed by atoms with Crippen LogP contribution in [0.3, 0.4) is 0 Å². The summed E-state index contributed by atoms with van der Waals surface area (Å²) in [6, 6.07) is 1.96. The van der Waals surface area contributed by atoms with E-state index in [2.05, 4.69) is 29.5 Å². The SMILES string of the molecule is COC(=O)c1cc(C(F)F)n(COCC[Si](C)(C)C)n1. The molecule has 1 aromatic heterocycles. The molecule has 0 spiro atoms. The van der Waals surface area contributed by atoms with Crippen molar-refractivity contribution >= 4 is 14.0 Å². The molecule has 0 atom stereocenters. The van der Waals surface area contributed by atoms with E-state index in [1.807, 2.05) is 0 Å². The largest absolute Gasteiger partial charge is 0.464 e. The highest BCUT2D eigenvalue weighted by Gasteiger charge is 2.21. The van der Waals surface area contributed by atoms with Crippen molar-refractivity contribution in [2.45, 2.75) is 38.8 Å². The fourth-order valence-corrected chi connectivity index (χ4v) is 2.20. The van der Waals surface area contributed by atoms with Crippen LogP contribution in [-0.2, 0) is 16.2 Å². The maximum absolute atomic E-state index is 12.8. The zero-order valence-corrected chi connectivity index (χ0v) is 13.2. The monoisotopic (exact) mass is 306 g/mol. The Balaban J connectivity index is 2.68. The molecule has 1 aromatic rings. The van der Waals surface area contributed by atoms with E-state index in [9.17, 15) is 13.6 Å². The van der Waals surface area contributed by atoms with Crippen molar-refractivity contribution < 1.29 is 23.0 Å². The van der Waals surface area contributed by atoms with E-state index >= 15 is 0 Å². The lowest BCUT2D eigenvalue weighted by molar-refractivity contribution is 0.0562. The predicted molar refractivity (Wildman–Crippen MR) is 72.6 cm³/mol. The van der Waals surface area contributed by atoms with E-state index in [1.165, 1.54) is 7.11 Å². The van der Waals surface area contributed by atoms with Gasteiger partial charge in [-0.05, 0) is 6.04 Å². The Hall–Kier alpha value is -1.28. The van der Waals surface area contributed by atoms with Crippen LogP contribution in [0.4, 0.5) is 8.78 Å². The maximum atomic E-state index is 12.8. The minimum Gasteiger partial charge on any atom is -0.464 e. The number of hydrogen-bond donors (Lipinski definition) is 0. The Bertz CT molecular complexity index is 458. The smallest absolute Gasteiger partial charge is 0.358 e. The van der Waals surface area contributed by atoms with E-state index in [-0.39, 0.29) is 18.1 Å². The number of esters is 1. The molecule has 0 saturated heterocycles. The highest BCUT2D eigenvalue weighted by molar-refractivity contribution is 6.76. The Morgan fingerprint density at radius 1 is 1.45 bits per heavy atom. The van der Waals surface area contributed by atoms with Gasteiger partial charge in [0.1, 0.15) is 12.4 Å². The normalized spacial score (nSPS) is 11.9. The third kappa shape index (κ3) is 5.01. The van der Waals surface area contributed by atoms with Gasteiger partial charge in [-0.3, -0.25) is 0 Å². The molecule has 0 aliphatic carbocycles. The highest BCUT2D eigenvalue weighted by Crippen LogP contribution is 2.20. The van der Waals surface area contributed by atoms with Gasteiger partial charge in [-0.15, -0.1) is 0 Å². The van der Waals surface area contributed by atoms with Crippen LogP contribution in [-0.4, -0.2) is 37.5 Å². The Morgan fingerprint density at radius 2 is 2.10 bits per heavy atom. The molecule has 0 amide bonds. The third-order valence-electron chi connectivity index (χ3n) is 2.64. The van der Waals surface area contributed by atoms with Gasteiger partial charge < -0.3 is 9.47 Å². The minimum atomic E-state index is -2.72. The summed E-state index contributed by atoms with van der Waals surface area (Å²) in [5.74, 6) is -0.743. The summed E-state index contributed by atoms with van der Waals surface area (Å²) in [6.07, 6.45) is -2.72. The molecule has 0 unspecified atom stereocenters. The molecule has 8 heteroatoms. The summed E-state index contributed by atoms with van der Waals surface area (Å²) in [6.45, 7) is 6.99. The van der Waals surface area contributed by atoms with Crippen LogP contribution in [0, 0.1) is 0 Å². The number of rotatable bonds is 7. The van der Waals surface area contributed by atoms with Gasteiger partial charge in [0.05, 0.1) is 7.11 Å². The standard InChI is InChI=1S/C12H20F2N2O3Si/c1-18-12(17)9-7-10(11(13)14)16(15-9)8-19-5-6-20(2,3)4/h7,11H,5-6,8H2,1-4H3. The van der Waals surface area contributed by atoms with E-state index in [4.69, 9.17) is 4.74 Å². The van der Waals surface area contributed by atoms with Gasteiger partial charge in [-0.25, -0.2) is 18.3 Å². The quantitative estimate of drug-likeness (QED) is 0.441. The molecule has 0 N–H and O–H groups in total. The summed E-state index contributed by atoms with van der Waals surface area (Å²) < 4.78 is 36.5. The third-order valence-corrected chi connectivity index (χ3v) is 4.34. The number of ether oxygens (including phenoxy) is 2. The van der Waals surface area contributed by atoms with Crippen LogP contribution in [0.25, 0.3) is 0 Å². The molecule has 0 saturated carbocycles. The zero-order chi connectivity index (χ0) is 15.3. The second-order valence-electron chi connectivity index (χ2n) is 5.59. The summed E-state index contributed by atoms with van der Waals surface area (Å²) in [5.41, 5.74) is -0.491. The number of hydrogen-bond acceptors (Lipinski definition) is 4. The number of halogens is 2. The molecule has 5 nitrogen and oxygen atoms in total. The molecule has 0 radical (unpaired) electrons. The second-order valence-corrected chi connectivity index (χ2v) is 11.2. The molecule has 0 aromatic carbocycles. The van der Waals surface area contributed by atoms with Crippen molar-refractivity contribution in [3.05, 3.63) is 17.5 Å². The van der Waals surface area contributed by atoms with E-state index in [0.29, 0.717) is 6.61 Å². The van der Waals surface area contributed by atoms with Gasteiger partial charge in [-0.2, -0.15) is 5.10 Å². The van der Waals surface area contributed by atoms with Crippen LogP contribution in [0.5, 0.6) is 0 Å². The topological polar surface area (TPSA) is 53.4 Å². The van der Waals surface area contributed by atoms with E-state index in [1.54, 1.807) is 0 Å². The van der Waals surface area contributed by atoms with Crippen LogP contribution in [0.1, 0.15) is 22.6 Å². The van der Waals surface area contributed by atoms with Gasteiger partial charge in [0, 0.05) is 20.7 Å². The number of alkyl halides is 2. The van der Waals surface area contributed by atoms with Crippen LogP contribution in [0.2, 0.25) is 25.7 Å². The molecular formula is C12H20F2N2O3Si. The number of methoxy groups -OCH3 is 1. The Labute approximate surface area is 117 Å². The maximum Gasteiger partial charge on any atom is 0.358 e. The van der Waals surface area contributed by atoms with E-state index in [0.717, 1.165) is 16.8 Å². The predicted octanol–water partition coefficient (Wildman–Crippen LogP) is 2.92. The summed E-state index contributed by atoms with van der Waals surface area (Å²) in [7, 11) is -0.0517. The fraction of sp³-hybridized carbons (Fsp3) is 0.667. The Kier molecular flexibility index (Phi) is 5.82. The molecule has 0 bridgehead atoms. The molecule has 0 fully saturated rings. The molecule has 1 rings (SSSR count). The lowest BCUT2D eigenvalue weighted by atomic mass is 10.3. The first-order chi connectivity index (χ1) is 9.24. The van der Waals surface area contributed by atoms with Crippen LogP contribution in [0.15, 0.2) is 6.07 Å². The fourth-order valence-electron chi connectivity index (χ4n) is 1.44. The first-order valence-corrected chi connectivity index (χ1v) is 9.97. The number of aromatic nitrogens is 2. The van der Waals surface area contributed by atoms with Gasteiger partial charge in [0.2, 0.25) is 0 Å². The summed E-state index contributed by atoms with van der Waals surface area (Å²) in [5, 5.41) is 3.78. The minimum absolute atomic E-state index is 0.0961. The van der Waals surface area contributed by atoms with Crippen LogP contribution >= 0.6 is 0 Å². The first-order valence-electron chi connectivity index (χ1n) is 6.26. The van der Waals surface area contributed by atoms with Gasteiger partial charge in [0.15, 0.2) is 5.69 Å². The molecule has 114 valence electrons. The molecule has 0 aliphatic rings. The summed E-state index contributed by atoms with van der Waals surface area (Å²) >= 11 is 0. The van der Waals surface area contributed by atoms with E-state index < -0.39 is 20.5 Å². The first kappa shape index (κ1) is 16.8. The van der Waals surface area contributed by atoms with Crippen molar-refractivity contribution in [2.75, 3.05) is 13.7 Å². The van der Waals surface area contributed by atoms with Crippen molar-refractivity contribution in [3.63, 3.8) is 0 Å². The Morgan fingerprint density at radius 3 is 2.60 bits per heavy atom. The van der Waals surface area contributed by atoms with Gasteiger partial charge in [-0.1, -0.05) is 19.6 Å². The van der Waals surface area contributed by atoms with Crippen molar-refractivity contribution in [1.82, 2.24) is 9.78 Å². The number of carbonyl (C=O) groups is 1. The molecular weight excluding hydrogens is 286 g/mol. The number of nitrogens with zero attached hydrogens (tertiary/aromatic N) is 2. The lowest BCUT2D eigenvalue weighted by Crippen LogP contribution is -2.22. The molecule has 0 aliphatic heterocycles. The molecule has 1 heterocycles. The van der Waals surface area contributed by atoms with Crippen molar-refractivity contribution in [3.8, 4) is 0 Å². The second kappa shape index (κ2) is 6.94. The summed E-state index contributed by atoms with van der Waals surface area (Å²) in [4.78, 5) is 11.3. The van der Waals surface area contributed by atoms with Crippen LogP contribution < -0.4 is 0 Å². The highest BCUT2D eigenvalue weighted by atomic mass is 28.3. The average molecular weight is 306 g/mol. The number of carbonyl (C=O) groups excluding carboxylic acids is 1. The molecule has 20 heavy (non-hydrogen) atoms.